The second-order valence-electron chi connectivity index (χ2n) is 1.95. The van der Waals surface area contributed by atoms with Gasteiger partial charge in [0.25, 0.3) is 0 Å². The van der Waals surface area contributed by atoms with Crippen molar-refractivity contribution in [3.8, 4) is 11.8 Å². The van der Waals surface area contributed by atoms with Gasteiger partial charge in [0, 0.05) is 0 Å². The average molecular weight is 135 g/mol. The van der Waals surface area contributed by atoms with Gasteiger partial charge in [0.05, 0.1) is 0 Å². The van der Waals surface area contributed by atoms with E-state index in [2.05, 4.69) is 21.9 Å². The summed E-state index contributed by atoms with van der Waals surface area (Å²) in [5, 5.41) is 3.94. The van der Waals surface area contributed by atoms with Crippen LogP contribution >= 0.6 is 0 Å². The van der Waals surface area contributed by atoms with Gasteiger partial charge in [0.15, 0.2) is 0 Å². The van der Waals surface area contributed by atoms with Gasteiger partial charge in [-0.1, -0.05) is 5.92 Å². The standard InChI is InChI=1S/C7H9N3/c1-3-4-7(2)10-6-8-5-9-10/h5-7H,1-2H3. The third kappa shape index (κ3) is 1.35. The van der Waals surface area contributed by atoms with Crippen LogP contribution in [-0.4, -0.2) is 14.8 Å². The van der Waals surface area contributed by atoms with Crippen LogP contribution in [0.4, 0.5) is 0 Å². The molecule has 0 radical (unpaired) electrons. The molecule has 0 saturated carbocycles. The monoisotopic (exact) mass is 135 g/mol. The van der Waals surface area contributed by atoms with Crippen molar-refractivity contribution in [2.24, 2.45) is 0 Å². The maximum absolute atomic E-state index is 3.94. The molecule has 1 atom stereocenters. The molecule has 0 bridgehead atoms. The van der Waals surface area contributed by atoms with E-state index in [0.717, 1.165) is 0 Å². The van der Waals surface area contributed by atoms with E-state index in [9.17, 15) is 0 Å². The molecule has 3 nitrogen and oxygen atoms in total. The number of hydrogen-bond donors (Lipinski definition) is 0. The van der Waals surface area contributed by atoms with Crippen molar-refractivity contribution < 1.29 is 0 Å². The van der Waals surface area contributed by atoms with Gasteiger partial charge in [-0.2, -0.15) is 5.10 Å². The highest BCUT2D eigenvalue weighted by molar-refractivity contribution is 5.01. The highest BCUT2D eigenvalue weighted by atomic mass is 15.3. The summed E-state index contributed by atoms with van der Waals surface area (Å²) in [6, 6.07) is 0.132. The van der Waals surface area contributed by atoms with Crippen molar-refractivity contribution in [3.63, 3.8) is 0 Å². The maximum atomic E-state index is 3.94. The lowest BCUT2D eigenvalue weighted by molar-refractivity contribution is 0.595. The van der Waals surface area contributed by atoms with E-state index in [0.29, 0.717) is 0 Å². The molecule has 1 heterocycles. The molecule has 1 aromatic heterocycles. The lowest BCUT2D eigenvalue weighted by atomic mass is 10.3. The average Bonchev–Trinajstić information content (AvgIpc) is 2.38. The zero-order valence-corrected chi connectivity index (χ0v) is 6.07. The molecule has 0 aliphatic carbocycles. The molecule has 0 N–H and O–H groups in total. The molecular weight excluding hydrogens is 126 g/mol. The number of rotatable bonds is 1. The Bertz CT molecular complexity index is 240. The number of nitrogens with zero attached hydrogens (tertiary/aromatic N) is 3. The van der Waals surface area contributed by atoms with Crippen LogP contribution in [0.25, 0.3) is 0 Å². The second-order valence-corrected chi connectivity index (χ2v) is 1.95. The fourth-order valence-electron chi connectivity index (χ4n) is 0.692. The second kappa shape index (κ2) is 3.02. The summed E-state index contributed by atoms with van der Waals surface area (Å²) in [7, 11) is 0. The zero-order chi connectivity index (χ0) is 7.40. The van der Waals surface area contributed by atoms with Crippen molar-refractivity contribution in [2.75, 3.05) is 0 Å². The molecule has 3 heteroatoms. The minimum Gasteiger partial charge on any atom is -0.238 e. The topological polar surface area (TPSA) is 30.7 Å². The molecule has 1 aromatic rings. The molecule has 0 aliphatic rings. The SMILES string of the molecule is CC#CC(C)n1cncn1. The van der Waals surface area contributed by atoms with Crippen molar-refractivity contribution in [1.82, 2.24) is 14.8 Å². The van der Waals surface area contributed by atoms with Crippen molar-refractivity contribution in [3.05, 3.63) is 12.7 Å². The van der Waals surface area contributed by atoms with Crippen LogP contribution < -0.4 is 0 Å². The van der Waals surface area contributed by atoms with Crippen LogP contribution in [0, 0.1) is 11.8 Å². The molecule has 10 heavy (non-hydrogen) atoms. The van der Waals surface area contributed by atoms with E-state index >= 15 is 0 Å². The summed E-state index contributed by atoms with van der Waals surface area (Å²) in [5.41, 5.74) is 0. The predicted octanol–water partition coefficient (Wildman–Crippen LogP) is 0.862. The first-order valence-corrected chi connectivity index (χ1v) is 3.11. The summed E-state index contributed by atoms with van der Waals surface area (Å²) in [6.45, 7) is 3.79. The van der Waals surface area contributed by atoms with Gasteiger partial charge in [0.2, 0.25) is 0 Å². The van der Waals surface area contributed by atoms with Crippen molar-refractivity contribution in [2.45, 2.75) is 19.9 Å². The molecule has 0 aliphatic heterocycles. The lowest BCUT2D eigenvalue weighted by Crippen LogP contribution is -2.02. The first-order chi connectivity index (χ1) is 4.84. The van der Waals surface area contributed by atoms with Gasteiger partial charge in [-0.25, -0.2) is 9.67 Å². The summed E-state index contributed by atoms with van der Waals surface area (Å²) < 4.78 is 1.72. The van der Waals surface area contributed by atoms with Crippen molar-refractivity contribution >= 4 is 0 Å². The highest BCUT2D eigenvalue weighted by Gasteiger charge is 1.96. The summed E-state index contributed by atoms with van der Waals surface area (Å²) in [5.74, 6) is 5.78. The third-order valence-corrected chi connectivity index (χ3v) is 1.19. The molecule has 0 fully saturated rings. The molecule has 0 spiro atoms. The van der Waals surface area contributed by atoms with Crippen LogP contribution in [0.3, 0.4) is 0 Å². The fourth-order valence-corrected chi connectivity index (χ4v) is 0.692. The van der Waals surface area contributed by atoms with Crippen LogP contribution in [-0.2, 0) is 0 Å². The summed E-state index contributed by atoms with van der Waals surface area (Å²) >= 11 is 0. The van der Waals surface area contributed by atoms with Crippen LogP contribution in [0.1, 0.15) is 19.9 Å². The van der Waals surface area contributed by atoms with E-state index in [-0.39, 0.29) is 6.04 Å². The van der Waals surface area contributed by atoms with E-state index in [1.54, 1.807) is 11.0 Å². The van der Waals surface area contributed by atoms with Crippen LogP contribution in [0.2, 0.25) is 0 Å². The Labute approximate surface area is 60.1 Å². The Balaban J connectivity index is 2.74. The fraction of sp³-hybridized carbons (Fsp3) is 0.429. The minimum atomic E-state index is 0.132. The third-order valence-electron chi connectivity index (χ3n) is 1.19. The predicted molar refractivity (Wildman–Crippen MR) is 38.2 cm³/mol. The smallest absolute Gasteiger partial charge is 0.137 e. The van der Waals surface area contributed by atoms with Gasteiger partial charge in [-0.15, -0.1) is 5.92 Å². The molecule has 52 valence electrons. The lowest BCUT2D eigenvalue weighted by Gasteiger charge is -2.00. The van der Waals surface area contributed by atoms with Gasteiger partial charge >= 0.3 is 0 Å². The van der Waals surface area contributed by atoms with E-state index in [1.165, 1.54) is 6.33 Å². The first kappa shape index (κ1) is 6.81. The van der Waals surface area contributed by atoms with E-state index < -0.39 is 0 Å². The van der Waals surface area contributed by atoms with Gasteiger partial charge in [-0.05, 0) is 13.8 Å². The zero-order valence-electron chi connectivity index (χ0n) is 6.07. The van der Waals surface area contributed by atoms with Crippen molar-refractivity contribution in [1.29, 1.82) is 0 Å². The summed E-state index contributed by atoms with van der Waals surface area (Å²) in [6.07, 6.45) is 3.17. The molecule has 1 unspecified atom stereocenters. The number of aromatic nitrogens is 3. The Kier molecular flexibility index (Phi) is 2.06. The highest BCUT2D eigenvalue weighted by Crippen LogP contribution is 1.97. The van der Waals surface area contributed by atoms with Gasteiger partial charge < -0.3 is 0 Å². The van der Waals surface area contributed by atoms with E-state index in [4.69, 9.17) is 0 Å². The summed E-state index contributed by atoms with van der Waals surface area (Å²) in [4.78, 5) is 3.81. The Hall–Kier alpha value is -1.30. The molecule has 1 rings (SSSR count). The molecule has 0 aromatic carbocycles. The number of hydrogen-bond acceptors (Lipinski definition) is 2. The Morgan fingerprint density at radius 2 is 2.40 bits per heavy atom. The minimum absolute atomic E-state index is 0.132. The van der Waals surface area contributed by atoms with Gasteiger partial charge in [-0.3, -0.25) is 0 Å². The molecule has 0 saturated heterocycles. The van der Waals surface area contributed by atoms with E-state index in [1.807, 2.05) is 13.8 Å². The quantitative estimate of drug-likeness (QED) is 0.535. The first-order valence-electron chi connectivity index (χ1n) is 3.11. The molecular formula is C7H9N3. The largest absolute Gasteiger partial charge is 0.238 e. The normalized spacial score (nSPS) is 11.8. The Morgan fingerprint density at radius 3 is 2.90 bits per heavy atom. The Morgan fingerprint density at radius 1 is 1.60 bits per heavy atom. The molecule has 0 amide bonds. The van der Waals surface area contributed by atoms with Crippen LogP contribution in [0.5, 0.6) is 0 Å². The van der Waals surface area contributed by atoms with Crippen LogP contribution in [0.15, 0.2) is 12.7 Å². The van der Waals surface area contributed by atoms with Gasteiger partial charge in [0.1, 0.15) is 18.7 Å². The maximum Gasteiger partial charge on any atom is 0.137 e.